The molecular weight excluding hydrogens is 335 g/mol. The summed E-state index contributed by atoms with van der Waals surface area (Å²) in [7, 11) is -2.66. The topological polar surface area (TPSA) is 9.23 Å². The second-order valence-corrected chi connectivity index (χ2v) is 9.49. The van der Waals surface area contributed by atoms with Gasteiger partial charge in [-0.25, -0.2) is 0 Å². The molecule has 4 rings (SSSR count). The third-order valence-corrected chi connectivity index (χ3v) is 8.54. The molecule has 0 fully saturated rings. The van der Waals surface area contributed by atoms with E-state index >= 15 is 0 Å². The van der Waals surface area contributed by atoms with Crippen LogP contribution in [0.15, 0.2) is 121 Å². The van der Waals surface area contributed by atoms with Crippen LogP contribution < -0.4 is 20.4 Å². The summed E-state index contributed by atoms with van der Waals surface area (Å²) in [5, 5.41) is 3.71. The van der Waals surface area contributed by atoms with Crippen molar-refractivity contribution in [2.45, 2.75) is 0 Å². The van der Waals surface area contributed by atoms with Crippen molar-refractivity contribution >= 4 is 23.4 Å². The Kier molecular flexibility index (Phi) is 4.82. The van der Waals surface area contributed by atoms with Crippen LogP contribution >= 0.6 is 7.49 Å². The summed E-state index contributed by atoms with van der Waals surface area (Å²) >= 11 is 0. The molecule has 0 bridgehead atoms. The fourth-order valence-electron chi connectivity index (χ4n) is 3.36. The van der Waals surface area contributed by atoms with E-state index in [0.29, 0.717) is 0 Å². The van der Waals surface area contributed by atoms with Crippen LogP contribution in [0.2, 0.25) is 0 Å². The molecule has 0 amide bonds. The summed E-state index contributed by atoms with van der Waals surface area (Å²) in [5.74, 6) is 0.899. The van der Waals surface area contributed by atoms with Gasteiger partial charge < -0.3 is 0 Å². The van der Waals surface area contributed by atoms with Crippen molar-refractivity contribution in [3.8, 4) is 5.75 Å². The average molecular weight is 356 g/mol. The van der Waals surface area contributed by atoms with E-state index in [1.165, 1.54) is 15.9 Å². The molecule has 4 aromatic carbocycles. The molecule has 0 atom stereocenters. The van der Waals surface area contributed by atoms with Gasteiger partial charge in [0, 0.05) is 0 Å². The van der Waals surface area contributed by atoms with Gasteiger partial charge in [-0.1, -0.05) is 0 Å². The van der Waals surface area contributed by atoms with Crippen LogP contribution in [0.1, 0.15) is 0 Å². The fourth-order valence-corrected chi connectivity index (χ4v) is 7.19. The first-order valence-electron chi connectivity index (χ1n) is 8.80. The molecule has 0 spiro atoms. The molecule has 1 nitrogen and oxygen atoms in total. The van der Waals surface area contributed by atoms with Crippen molar-refractivity contribution in [3.63, 3.8) is 0 Å². The first kappa shape index (κ1) is 16.6. The predicted molar refractivity (Wildman–Crippen MR) is 114 cm³/mol. The van der Waals surface area contributed by atoms with Crippen molar-refractivity contribution < 1.29 is 4.52 Å². The SMILES string of the molecule is c1ccc(O[PH](c2ccccc2)(c2ccccc2)c2ccccc2)cc1. The van der Waals surface area contributed by atoms with Crippen LogP contribution in [-0.4, -0.2) is 0 Å². The van der Waals surface area contributed by atoms with Crippen LogP contribution in [0.5, 0.6) is 5.75 Å². The second kappa shape index (κ2) is 7.56. The fraction of sp³-hybridized carbons (Fsp3) is 0. The minimum atomic E-state index is -2.66. The van der Waals surface area contributed by atoms with Gasteiger partial charge in [-0.2, -0.15) is 0 Å². The third kappa shape index (κ3) is 3.14. The molecule has 4 aromatic rings. The molecular formula is C24H21OP. The van der Waals surface area contributed by atoms with Gasteiger partial charge in [0.25, 0.3) is 0 Å². The van der Waals surface area contributed by atoms with Crippen molar-refractivity contribution in [2.75, 3.05) is 0 Å². The van der Waals surface area contributed by atoms with E-state index in [0.717, 1.165) is 5.75 Å². The van der Waals surface area contributed by atoms with Crippen molar-refractivity contribution in [1.82, 2.24) is 0 Å². The zero-order chi connectivity index (χ0) is 17.7. The first-order chi connectivity index (χ1) is 12.9. The summed E-state index contributed by atoms with van der Waals surface area (Å²) in [6, 6.07) is 42.0. The number of rotatable bonds is 5. The Morgan fingerprint density at radius 3 is 1.04 bits per heavy atom. The van der Waals surface area contributed by atoms with Gasteiger partial charge >= 0.3 is 155 Å². The molecule has 0 saturated heterocycles. The predicted octanol–water partition coefficient (Wildman–Crippen LogP) is 4.71. The number of hydrogen-bond acceptors (Lipinski definition) is 1. The normalized spacial score (nSPS) is 11.7. The Morgan fingerprint density at radius 1 is 0.385 bits per heavy atom. The van der Waals surface area contributed by atoms with E-state index in [2.05, 4.69) is 91.0 Å². The molecule has 0 unspecified atom stereocenters. The maximum atomic E-state index is 6.90. The molecule has 0 heterocycles. The molecule has 0 aromatic heterocycles. The Hall–Kier alpha value is -2.89. The zero-order valence-corrected chi connectivity index (χ0v) is 15.5. The molecule has 2 heteroatoms. The molecule has 26 heavy (non-hydrogen) atoms. The molecule has 128 valence electrons. The summed E-state index contributed by atoms with van der Waals surface area (Å²) in [4.78, 5) is 0. The molecule has 0 saturated carbocycles. The van der Waals surface area contributed by atoms with Gasteiger partial charge in [-0.05, 0) is 0 Å². The Labute approximate surface area is 155 Å². The Bertz CT molecular complexity index is 842. The summed E-state index contributed by atoms with van der Waals surface area (Å²) in [6.07, 6.45) is 0. The standard InChI is InChI=1S/C24H21OP/c1-5-13-21(14-6-1)25-26(22-15-7-2-8-16-22,23-17-9-3-10-18-23)24-19-11-4-12-20-24/h1-20,26H. The van der Waals surface area contributed by atoms with Gasteiger partial charge in [-0.3, -0.25) is 0 Å². The van der Waals surface area contributed by atoms with Crippen LogP contribution in [0.4, 0.5) is 0 Å². The number of para-hydroxylation sites is 1. The van der Waals surface area contributed by atoms with Crippen LogP contribution in [0.3, 0.4) is 0 Å². The molecule has 0 aliphatic heterocycles. The second-order valence-electron chi connectivity index (χ2n) is 6.19. The van der Waals surface area contributed by atoms with Crippen LogP contribution in [0, 0.1) is 0 Å². The maximum absolute atomic E-state index is 6.90. The summed E-state index contributed by atoms with van der Waals surface area (Å²) < 4.78 is 6.90. The van der Waals surface area contributed by atoms with Crippen molar-refractivity contribution in [3.05, 3.63) is 121 Å². The van der Waals surface area contributed by atoms with Crippen molar-refractivity contribution in [2.24, 2.45) is 0 Å². The molecule has 0 aliphatic carbocycles. The van der Waals surface area contributed by atoms with Gasteiger partial charge in [-0.15, -0.1) is 0 Å². The number of benzene rings is 4. The van der Waals surface area contributed by atoms with Gasteiger partial charge in [0.15, 0.2) is 0 Å². The Balaban J connectivity index is 2.00. The third-order valence-electron chi connectivity index (χ3n) is 4.56. The number of hydrogen-bond donors (Lipinski definition) is 0. The van der Waals surface area contributed by atoms with Crippen LogP contribution in [0.25, 0.3) is 0 Å². The molecule has 0 radical (unpaired) electrons. The monoisotopic (exact) mass is 356 g/mol. The van der Waals surface area contributed by atoms with E-state index < -0.39 is 7.49 Å². The first-order valence-corrected chi connectivity index (χ1v) is 10.7. The van der Waals surface area contributed by atoms with E-state index in [1.54, 1.807) is 0 Å². The quantitative estimate of drug-likeness (QED) is 0.471. The average Bonchev–Trinajstić information content (AvgIpc) is 2.75. The van der Waals surface area contributed by atoms with E-state index in [-0.39, 0.29) is 0 Å². The van der Waals surface area contributed by atoms with E-state index in [9.17, 15) is 0 Å². The van der Waals surface area contributed by atoms with Crippen LogP contribution in [-0.2, 0) is 0 Å². The molecule has 0 aliphatic rings. The molecule has 0 N–H and O–H groups in total. The van der Waals surface area contributed by atoms with Gasteiger partial charge in [0.2, 0.25) is 0 Å². The van der Waals surface area contributed by atoms with E-state index in [1.807, 2.05) is 30.3 Å². The van der Waals surface area contributed by atoms with Crippen molar-refractivity contribution in [1.29, 1.82) is 0 Å². The van der Waals surface area contributed by atoms with Gasteiger partial charge in [0.05, 0.1) is 0 Å². The van der Waals surface area contributed by atoms with E-state index in [4.69, 9.17) is 4.52 Å². The summed E-state index contributed by atoms with van der Waals surface area (Å²) in [6.45, 7) is 0. The Morgan fingerprint density at radius 2 is 0.692 bits per heavy atom. The minimum absolute atomic E-state index is 0.899. The summed E-state index contributed by atoms with van der Waals surface area (Å²) in [5.41, 5.74) is 0. The zero-order valence-electron chi connectivity index (χ0n) is 14.5. The van der Waals surface area contributed by atoms with Gasteiger partial charge in [0.1, 0.15) is 0 Å².